The van der Waals surface area contributed by atoms with E-state index >= 15 is 0 Å². The highest BCUT2D eigenvalue weighted by molar-refractivity contribution is 7.09. The van der Waals surface area contributed by atoms with Crippen LogP contribution in [-0.4, -0.2) is 9.55 Å². The van der Waals surface area contributed by atoms with Crippen LogP contribution in [0.25, 0.3) is 0 Å². The van der Waals surface area contributed by atoms with Gasteiger partial charge in [0, 0.05) is 29.5 Å². The van der Waals surface area contributed by atoms with Crippen LogP contribution in [0, 0.1) is 6.92 Å². The van der Waals surface area contributed by atoms with Gasteiger partial charge in [-0.15, -0.1) is 11.3 Å². The number of nitrogens with zero attached hydrogens (tertiary/aromatic N) is 2. The van der Waals surface area contributed by atoms with Crippen LogP contribution >= 0.6 is 11.3 Å². The molecule has 2 rings (SSSR count). The number of hydrogen-bond donors (Lipinski definition) is 1. The largest absolute Gasteiger partial charge is 0.347 e. The van der Waals surface area contributed by atoms with E-state index in [0.717, 1.165) is 23.7 Å². The lowest BCUT2D eigenvalue weighted by Gasteiger charge is -2.05. The lowest BCUT2D eigenvalue weighted by Crippen LogP contribution is -2.07. The standard InChI is InChI=1S/C12H17N3S/c1-3-11(13)10-4-5-15(6-10)7-12-14-9(2)8-16-12/h4-6,8,11H,3,7,13H2,1-2H3. The van der Waals surface area contributed by atoms with Crippen molar-refractivity contribution in [3.05, 3.63) is 40.1 Å². The van der Waals surface area contributed by atoms with E-state index in [9.17, 15) is 0 Å². The Labute approximate surface area is 99.9 Å². The SMILES string of the molecule is CCC(N)c1ccn(Cc2nc(C)cs2)c1. The molecule has 86 valence electrons. The molecule has 2 N–H and O–H groups in total. The summed E-state index contributed by atoms with van der Waals surface area (Å²) in [6, 6.07) is 2.24. The predicted molar refractivity (Wildman–Crippen MR) is 67.6 cm³/mol. The highest BCUT2D eigenvalue weighted by atomic mass is 32.1. The fraction of sp³-hybridized carbons (Fsp3) is 0.417. The van der Waals surface area contributed by atoms with Crippen LogP contribution < -0.4 is 5.73 Å². The monoisotopic (exact) mass is 235 g/mol. The first-order valence-corrected chi connectivity index (χ1v) is 6.39. The van der Waals surface area contributed by atoms with Crippen LogP contribution in [0.1, 0.15) is 35.7 Å². The molecule has 2 aromatic heterocycles. The van der Waals surface area contributed by atoms with E-state index < -0.39 is 0 Å². The second-order valence-electron chi connectivity index (χ2n) is 4.01. The summed E-state index contributed by atoms with van der Waals surface area (Å²) in [5.74, 6) is 0. The normalized spacial score (nSPS) is 12.9. The first-order valence-electron chi connectivity index (χ1n) is 5.51. The summed E-state index contributed by atoms with van der Waals surface area (Å²) >= 11 is 1.70. The number of aromatic nitrogens is 2. The van der Waals surface area contributed by atoms with E-state index in [0.29, 0.717) is 0 Å². The third-order valence-corrected chi connectivity index (χ3v) is 3.58. The molecule has 1 atom stereocenters. The van der Waals surface area contributed by atoms with E-state index in [4.69, 9.17) is 5.73 Å². The summed E-state index contributed by atoms with van der Waals surface area (Å²) in [6.07, 6.45) is 5.16. The quantitative estimate of drug-likeness (QED) is 0.885. The molecular formula is C12H17N3S. The van der Waals surface area contributed by atoms with Crippen molar-refractivity contribution < 1.29 is 0 Å². The van der Waals surface area contributed by atoms with Gasteiger partial charge in [-0.1, -0.05) is 6.92 Å². The number of aryl methyl sites for hydroxylation is 1. The Morgan fingerprint density at radius 1 is 1.56 bits per heavy atom. The number of rotatable bonds is 4. The van der Waals surface area contributed by atoms with Crippen LogP contribution in [0.4, 0.5) is 0 Å². The van der Waals surface area contributed by atoms with Gasteiger partial charge in [-0.2, -0.15) is 0 Å². The number of hydrogen-bond acceptors (Lipinski definition) is 3. The molecule has 0 bridgehead atoms. The summed E-state index contributed by atoms with van der Waals surface area (Å²) in [5, 5.41) is 3.22. The van der Waals surface area contributed by atoms with Crippen molar-refractivity contribution >= 4 is 11.3 Å². The van der Waals surface area contributed by atoms with Gasteiger partial charge in [0.15, 0.2) is 0 Å². The fourth-order valence-electron chi connectivity index (χ4n) is 1.64. The first-order chi connectivity index (χ1) is 7.69. The van der Waals surface area contributed by atoms with Crippen LogP contribution in [0.5, 0.6) is 0 Å². The van der Waals surface area contributed by atoms with Gasteiger partial charge in [-0.3, -0.25) is 0 Å². The first kappa shape index (κ1) is 11.4. The molecule has 0 aliphatic heterocycles. The third kappa shape index (κ3) is 2.51. The lowest BCUT2D eigenvalue weighted by molar-refractivity contribution is 0.692. The zero-order chi connectivity index (χ0) is 11.5. The Bertz CT molecular complexity index is 458. The Hall–Kier alpha value is -1.13. The van der Waals surface area contributed by atoms with E-state index in [-0.39, 0.29) is 6.04 Å². The molecule has 1 unspecified atom stereocenters. The van der Waals surface area contributed by atoms with Gasteiger partial charge in [0.25, 0.3) is 0 Å². The molecule has 3 nitrogen and oxygen atoms in total. The summed E-state index contributed by atoms with van der Waals surface area (Å²) < 4.78 is 2.14. The molecule has 0 spiro atoms. The Balaban J connectivity index is 2.08. The predicted octanol–water partition coefficient (Wildman–Crippen LogP) is 2.71. The van der Waals surface area contributed by atoms with Gasteiger partial charge in [0.1, 0.15) is 5.01 Å². The van der Waals surface area contributed by atoms with Crippen LogP contribution in [0.2, 0.25) is 0 Å². The zero-order valence-corrected chi connectivity index (χ0v) is 10.5. The summed E-state index contributed by atoms with van der Waals surface area (Å²) in [7, 11) is 0. The van der Waals surface area contributed by atoms with E-state index in [1.54, 1.807) is 11.3 Å². The highest BCUT2D eigenvalue weighted by Crippen LogP contribution is 2.16. The molecular weight excluding hydrogens is 218 g/mol. The summed E-state index contributed by atoms with van der Waals surface area (Å²) in [4.78, 5) is 4.45. The van der Waals surface area contributed by atoms with Crippen molar-refractivity contribution in [3.63, 3.8) is 0 Å². The van der Waals surface area contributed by atoms with Crippen molar-refractivity contribution in [2.75, 3.05) is 0 Å². The maximum absolute atomic E-state index is 5.98. The summed E-state index contributed by atoms with van der Waals surface area (Å²) in [5.41, 5.74) is 8.28. The number of nitrogens with two attached hydrogens (primary N) is 1. The smallest absolute Gasteiger partial charge is 0.113 e. The van der Waals surface area contributed by atoms with Crippen LogP contribution in [0.15, 0.2) is 23.8 Å². The molecule has 0 amide bonds. The molecule has 0 aliphatic carbocycles. The average molecular weight is 235 g/mol. The fourth-order valence-corrected chi connectivity index (χ4v) is 2.42. The minimum atomic E-state index is 0.152. The van der Waals surface area contributed by atoms with E-state index in [1.807, 2.05) is 6.92 Å². The molecule has 16 heavy (non-hydrogen) atoms. The van der Waals surface area contributed by atoms with Gasteiger partial charge < -0.3 is 10.3 Å². The summed E-state index contributed by atoms with van der Waals surface area (Å²) in [6.45, 7) is 4.97. The molecule has 0 aromatic carbocycles. The zero-order valence-electron chi connectivity index (χ0n) is 9.68. The molecule has 2 aromatic rings. The average Bonchev–Trinajstić information content (AvgIpc) is 2.87. The molecule has 4 heteroatoms. The van der Waals surface area contributed by atoms with Gasteiger partial charge >= 0.3 is 0 Å². The Morgan fingerprint density at radius 2 is 2.38 bits per heavy atom. The second-order valence-corrected chi connectivity index (χ2v) is 4.96. The maximum atomic E-state index is 5.98. The minimum Gasteiger partial charge on any atom is -0.347 e. The van der Waals surface area contributed by atoms with Crippen molar-refractivity contribution in [2.45, 2.75) is 32.9 Å². The van der Waals surface area contributed by atoms with E-state index in [1.165, 1.54) is 5.56 Å². The second kappa shape index (κ2) is 4.80. The molecule has 0 saturated carbocycles. The molecule has 0 saturated heterocycles. The highest BCUT2D eigenvalue weighted by Gasteiger charge is 2.06. The van der Waals surface area contributed by atoms with Gasteiger partial charge in [0.2, 0.25) is 0 Å². The minimum absolute atomic E-state index is 0.152. The third-order valence-electron chi connectivity index (χ3n) is 2.63. The van der Waals surface area contributed by atoms with Gasteiger partial charge in [0.05, 0.1) is 6.54 Å². The van der Waals surface area contributed by atoms with Gasteiger partial charge in [-0.05, 0) is 25.0 Å². The molecule has 0 aliphatic rings. The maximum Gasteiger partial charge on any atom is 0.113 e. The topological polar surface area (TPSA) is 43.8 Å². The van der Waals surface area contributed by atoms with Crippen molar-refractivity contribution in [2.24, 2.45) is 5.73 Å². The molecule has 0 fully saturated rings. The molecule has 0 radical (unpaired) electrons. The van der Waals surface area contributed by atoms with Crippen molar-refractivity contribution in [1.29, 1.82) is 0 Å². The number of thiazole rings is 1. The molecule has 2 heterocycles. The van der Waals surface area contributed by atoms with Crippen LogP contribution in [0.3, 0.4) is 0 Å². The van der Waals surface area contributed by atoms with E-state index in [2.05, 4.69) is 40.3 Å². The van der Waals surface area contributed by atoms with Gasteiger partial charge in [-0.25, -0.2) is 4.98 Å². The lowest BCUT2D eigenvalue weighted by atomic mass is 10.1. The van der Waals surface area contributed by atoms with Crippen molar-refractivity contribution in [1.82, 2.24) is 9.55 Å². The Kier molecular flexibility index (Phi) is 3.41. The Morgan fingerprint density at radius 3 is 3.00 bits per heavy atom. The van der Waals surface area contributed by atoms with Crippen molar-refractivity contribution in [3.8, 4) is 0 Å². The van der Waals surface area contributed by atoms with Crippen LogP contribution in [-0.2, 0) is 6.54 Å².